The summed E-state index contributed by atoms with van der Waals surface area (Å²) >= 11 is 1.07. The van der Waals surface area contributed by atoms with Crippen molar-refractivity contribution in [3.63, 3.8) is 0 Å². The van der Waals surface area contributed by atoms with E-state index < -0.39 is 17.9 Å². The summed E-state index contributed by atoms with van der Waals surface area (Å²) in [5, 5.41) is 11.6. The van der Waals surface area contributed by atoms with Gasteiger partial charge in [0.25, 0.3) is 11.1 Å². The Kier molecular flexibility index (Phi) is 3.13. The van der Waals surface area contributed by atoms with Gasteiger partial charge in [-0.05, 0) is 11.6 Å². The van der Waals surface area contributed by atoms with E-state index >= 15 is 0 Å². The van der Waals surface area contributed by atoms with Gasteiger partial charge < -0.3 is 15.3 Å². The maximum absolute atomic E-state index is 12.4. The van der Waals surface area contributed by atoms with Crippen LogP contribution in [0.25, 0.3) is 0 Å². The summed E-state index contributed by atoms with van der Waals surface area (Å²) in [5.41, 5.74) is 1.27. The number of anilines is 1. The number of nitrogens with one attached hydrogen (secondary N) is 1. The van der Waals surface area contributed by atoms with Crippen LogP contribution < -0.4 is 10.2 Å². The van der Waals surface area contributed by atoms with Crippen molar-refractivity contribution in [3.05, 3.63) is 29.8 Å². The molecule has 20 heavy (non-hydrogen) atoms. The second-order valence-electron chi connectivity index (χ2n) is 4.69. The largest absolute Gasteiger partial charge is 0.481 e. The van der Waals surface area contributed by atoms with Gasteiger partial charge in [-0.3, -0.25) is 14.4 Å². The molecule has 1 fully saturated rings. The van der Waals surface area contributed by atoms with Crippen LogP contribution in [0.3, 0.4) is 0 Å². The number of hydrogen-bond acceptors (Lipinski definition) is 4. The molecule has 7 heteroatoms. The zero-order valence-corrected chi connectivity index (χ0v) is 11.2. The second kappa shape index (κ2) is 4.82. The van der Waals surface area contributed by atoms with Gasteiger partial charge in [-0.1, -0.05) is 30.0 Å². The first-order chi connectivity index (χ1) is 9.58. The molecule has 1 aromatic carbocycles. The van der Waals surface area contributed by atoms with E-state index in [4.69, 9.17) is 0 Å². The van der Waals surface area contributed by atoms with Gasteiger partial charge >= 0.3 is 5.97 Å². The SMILES string of the molecule is O=C1NC(C(=O)N2CC(C(=O)O)c3ccccc32)CS1. The van der Waals surface area contributed by atoms with E-state index in [1.807, 2.05) is 0 Å². The first-order valence-electron chi connectivity index (χ1n) is 6.14. The van der Waals surface area contributed by atoms with Crippen LogP contribution in [0.1, 0.15) is 11.5 Å². The number of carbonyl (C=O) groups is 3. The number of carbonyl (C=O) groups excluding carboxylic acids is 2. The third kappa shape index (κ3) is 2.03. The summed E-state index contributed by atoms with van der Waals surface area (Å²) < 4.78 is 0. The Morgan fingerprint density at radius 2 is 2.10 bits per heavy atom. The molecule has 1 saturated heterocycles. The lowest BCUT2D eigenvalue weighted by Crippen LogP contribution is -2.45. The number of nitrogens with zero attached hydrogens (tertiary/aromatic N) is 1. The molecule has 3 rings (SSSR count). The molecule has 2 unspecified atom stereocenters. The Morgan fingerprint density at radius 3 is 2.75 bits per heavy atom. The first kappa shape index (κ1) is 13.0. The number of aliphatic carboxylic acids is 1. The quantitative estimate of drug-likeness (QED) is 0.850. The fraction of sp³-hybridized carbons (Fsp3) is 0.308. The molecule has 2 atom stereocenters. The molecular formula is C13H12N2O4S. The van der Waals surface area contributed by atoms with Crippen molar-refractivity contribution in [2.45, 2.75) is 12.0 Å². The fourth-order valence-electron chi connectivity index (χ4n) is 2.53. The number of amides is 2. The van der Waals surface area contributed by atoms with Crippen molar-refractivity contribution in [1.82, 2.24) is 5.32 Å². The van der Waals surface area contributed by atoms with Crippen LogP contribution in [0.4, 0.5) is 10.5 Å². The van der Waals surface area contributed by atoms with E-state index in [2.05, 4.69) is 5.32 Å². The summed E-state index contributed by atoms with van der Waals surface area (Å²) in [6.07, 6.45) is 0. The summed E-state index contributed by atoms with van der Waals surface area (Å²) in [5.74, 6) is -1.52. The number of carboxylic acid groups (broad SMARTS) is 1. The van der Waals surface area contributed by atoms with Crippen molar-refractivity contribution in [3.8, 4) is 0 Å². The molecule has 1 aromatic rings. The number of fused-ring (bicyclic) bond motifs is 1. The average molecular weight is 292 g/mol. The lowest BCUT2D eigenvalue weighted by atomic mass is 10.0. The van der Waals surface area contributed by atoms with Crippen molar-refractivity contribution >= 4 is 34.6 Å². The van der Waals surface area contributed by atoms with E-state index in [0.29, 0.717) is 17.0 Å². The standard InChI is InChI=1S/C13H12N2O4S/c16-11(9-6-20-13(19)14-9)15-5-8(12(17)18)7-3-1-2-4-10(7)15/h1-4,8-9H,5-6H2,(H,14,19)(H,17,18). The third-order valence-corrected chi connectivity index (χ3v) is 4.38. The third-order valence-electron chi connectivity index (χ3n) is 3.50. The van der Waals surface area contributed by atoms with Crippen LogP contribution in [-0.2, 0) is 9.59 Å². The molecule has 104 valence electrons. The Bertz CT molecular complexity index is 604. The zero-order valence-electron chi connectivity index (χ0n) is 10.4. The van der Waals surface area contributed by atoms with Gasteiger partial charge in [-0.2, -0.15) is 0 Å². The van der Waals surface area contributed by atoms with Crippen LogP contribution in [0, 0.1) is 0 Å². The average Bonchev–Trinajstić information content (AvgIpc) is 3.02. The smallest absolute Gasteiger partial charge is 0.312 e. The Labute approximate surface area is 119 Å². The molecule has 2 aliphatic rings. The topological polar surface area (TPSA) is 86.7 Å². The Morgan fingerprint density at radius 1 is 1.35 bits per heavy atom. The molecule has 0 radical (unpaired) electrons. The van der Waals surface area contributed by atoms with Gasteiger partial charge in [0.2, 0.25) is 0 Å². The predicted octanol–water partition coefficient (Wildman–Crippen LogP) is 1.03. The molecule has 0 saturated carbocycles. The predicted molar refractivity (Wildman–Crippen MR) is 73.9 cm³/mol. The van der Waals surface area contributed by atoms with Crippen molar-refractivity contribution in [1.29, 1.82) is 0 Å². The normalized spacial score (nSPS) is 24.4. The van der Waals surface area contributed by atoms with Gasteiger partial charge in [-0.15, -0.1) is 0 Å². The maximum Gasteiger partial charge on any atom is 0.312 e. The van der Waals surface area contributed by atoms with Crippen molar-refractivity contribution in [2.75, 3.05) is 17.2 Å². The van der Waals surface area contributed by atoms with Gasteiger partial charge in [0.1, 0.15) is 12.0 Å². The van der Waals surface area contributed by atoms with E-state index in [1.165, 1.54) is 4.90 Å². The van der Waals surface area contributed by atoms with Crippen LogP contribution in [0.15, 0.2) is 24.3 Å². The molecule has 0 spiro atoms. The molecule has 0 aliphatic carbocycles. The minimum Gasteiger partial charge on any atom is -0.481 e. The van der Waals surface area contributed by atoms with Gasteiger partial charge in [0, 0.05) is 18.0 Å². The lowest BCUT2D eigenvalue weighted by Gasteiger charge is -2.20. The molecule has 2 N–H and O–H groups in total. The minimum atomic E-state index is -0.947. The highest BCUT2D eigenvalue weighted by atomic mass is 32.2. The molecule has 6 nitrogen and oxygen atoms in total. The number of hydrogen-bond donors (Lipinski definition) is 2. The number of para-hydroxylation sites is 1. The zero-order chi connectivity index (χ0) is 14.3. The number of thioether (sulfide) groups is 1. The molecular weight excluding hydrogens is 280 g/mol. The van der Waals surface area contributed by atoms with Crippen LogP contribution in [0.5, 0.6) is 0 Å². The monoisotopic (exact) mass is 292 g/mol. The summed E-state index contributed by atoms with van der Waals surface area (Å²) in [4.78, 5) is 36.4. The van der Waals surface area contributed by atoms with Gasteiger partial charge in [-0.25, -0.2) is 0 Å². The number of rotatable bonds is 2. The minimum absolute atomic E-state index is 0.116. The Balaban J connectivity index is 1.90. The maximum atomic E-state index is 12.4. The second-order valence-corrected chi connectivity index (χ2v) is 5.69. The number of carboxylic acids is 1. The van der Waals surface area contributed by atoms with Gasteiger partial charge in [0.15, 0.2) is 0 Å². The van der Waals surface area contributed by atoms with Crippen LogP contribution >= 0.6 is 11.8 Å². The highest BCUT2D eigenvalue weighted by molar-refractivity contribution is 8.14. The van der Waals surface area contributed by atoms with Crippen molar-refractivity contribution in [2.24, 2.45) is 0 Å². The van der Waals surface area contributed by atoms with Crippen LogP contribution in [0.2, 0.25) is 0 Å². The summed E-state index contributed by atoms with van der Waals surface area (Å²) in [6, 6.07) is 6.41. The molecule has 0 bridgehead atoms. The van der Waals surface area contributed by atoms with Gasteiger partial charge in [0.05, 0.1) is 0 Å². The Hall–Kier alpha value is -2.02. The highest BCUT2D eigenvalue weighted by Gasteiger charge is 2.40. The summed E-state index contributed by atoms with van der Waals surface area (Å²) in [7, 11) is 0. The molecule has 2 aliphatic heterocycles. The summed E-state index contributed by atoms with van der Waals surface area (Å²) in [6.45, 7) is 0.116. The van der Waals surface area contributed by atoms with E-state index in [1.54, 1.807) is 24.3 Å². The van der Waals surface area contributed by atoms with Crippen molar-refractivity contribution < 1.29 is 19.5 Å². The van der Waals surface area contributed by atoms with E-state index in [0.717, 1.165) is 11.8 Å². The first-order valence-corrected chi connectivity index (χ1v) is 7.13. The van der Waals surface area contributed by atoms with Crippen LogP contribution in [-0.4, -0.2) is 40.6 Å². The molecule has 2 amide bonds. The number of benzene rings is 1. The fourth-order valence-corrected chi connectivity index (χ4v) is 3.30. The van der Waals surface area contributed by atoms with E-state index in [9.17, 15) is 19.5 Å². The van der Waals surface area contributed by atoms with E-state index in [-0.39, 0.29) is 17.7 Å². The molecule has 2 heterocycles. The molecule has 0 aromatic heterocycles. The highest BCUT2D eigenvalue weighted by Crippen LogP contribution is 2.37. The lowest BCUT2D eigenvalue weighted by molar-refractivity contribution is -0.138.